The predicted octanol–water partition coefficient (Wildman–Crippen LogP) is 2.63. The number of hydrogen-bond acceptors (Lipinski definition) is 1. The standard InChI is InChI=1S/C14H15N3/c1-15(2)17-10-7-12-5-6-13(11-14(12)17)16-8-3-4-9-16/h3-11H,1-2H3. The molecule has 3 aromatic rings. The van der Waals surface area contributed by atoms with Gasteiger partial charge in [-0.25, -0.2) is 0 Å². The minimum absolute atomic E-state index is 1.18. The van der Waals surface area contributed by atoms with Crippen molar-refractivity contribution in [2.24, 2.45) is 0 Å². The molecule has 2 aromatic heterocycles. The molecule has 0 saturated carbocycles. The van der Waals surface area contributed by atoms with Crippen molar-refractivity contribution in [3.63, 3.8) is 0 Å². The van der Waals surface area contributed by atoms with Gasteiger partial charge in [-0.05, 0) is 30.3 Å². The van der Waals surface area contributed by atoms with Crippen molar-refractivity contribution in [3.05, 3.63) is 55.0 Å². The van der Waals surface area contributed by atoms with Crippen molar-refractivity contribution in [1.82, 2.24) is 9.24 Å². The topological polar surface area (TPSA) is 13.1 Å². The van der Waals surface area contributed by atoms with Crippen LogP contribution in [0.5, 0.6) is 0 Å². The van der Waals surface area contributed by atoms with Gasteiger partial charge in [0.25, 0.3) is 0 Å². The van der Waals surface area contributed by atoms with Crippen LogP contribution in [-0.2, 0) is 0 Å². The Morgan fingerprint density at radius 1 is 0.941 bits per heavy atom. The third kappa shape index (κ3) is 1.60. The summed E-state index contributed by atoms with van der Waals surface area (Å²) in [7, 11) is 4.09. The molecule has 0 radical (unpaired) electrons. The van der Waals surface area contributed by atoms with E-state index < -0.39 is 0 Å². The first-order chi connectivity index (χ1) is 8.25. The minimum atomic E-state index is 1.18. The zero-order valence-electron chi connectivity index (χ0n) is 10.0. The molecule has 0 amide bonds. The summed E-state index contributed by atoms with van der Waals surface area (Å²) in [6.07, 6.45) is 6.21. The van der Waals surface area contributed by atoms with E-state index in [2.05, 4.69) is 57.1 Å². The highest BCUT2D eigenvalue weighted by molar-refractivity contribution is 5.82. The largest absolute Gasteiger partial charge is 0.324 e. The second-order valence-electron chi connectivity index (χ2n) is 4.34. The van der Waals surface area contributed by atoms with E-state index in [1.54, 1.807) is 0 Å². The molecular weight excluding hydrogens is 210 g/mol. The lowest BCUT2D eigenvalue weighted by atomic mass is 10.2. The highest BCUT2D eigenvalue weighted by Crippen LogP contribution is 2.19. The van der Waals surface area contributed by atoms with E-state index in [-0.39, 0.29) is 0 Å². The fraction of sp³-hybridized carbons (Fsp3) is 0.143. The van der Waals surface area contributed by atoms with Crippen LogP contribution in [0.25, 0.3) is 16.6 Å². The van der Waals surface area contributed by atoms with Crippen LogP contribution in [0.15, 0.2) is 55.0 Å². The molecule has 0 aliphatic carbocycles. The summed E-state index contributed by atoms with van der Waals surface area (Å²) in [6, 6.07) is 12.7. The molecule has 2 heterocycles. The Labute approximate surface area is 100 Å². The third-order valence-electron chi connectivity index (χ3n) is 2.99. The van der Waals surface area contributed by atoms with Gasteiger partial charge in [0.1, 0.15) is 0 Å². The number of nitrogens with zero attached hydrogens (tertiary/aromatic N) is 3. The molecule has 0 atom stereocenters. The van der Waals surface area contributed by atoms with Crippen LogP contribution in [0.4, 0.5) is 0 Å². The van der Waals surface area contributed by atoms with E-state index in [1.165, 1.54) is 16.6 Å². The molecule has 0 aliphatic heterocycles. The molecule has 0 bridgehead atoms. The molecule has 3 rings (SSSR count). The molecule has 0 spiro atoms. The summed E-state index contributed by atoms with van der Waals surface area (Å²) in [6.45, 7) is 0. The van der Waals surface area contributed by atoms with Crippen molar-refractivity contribution >= 4 is 10.9 Å². The molecule has 0 N–H and O–H groups in total. The molecular formula is C14H15N3. The molecule has 0 saturated heterocycles. The zero-order chi connectivity index (χ0) is 11.8. The summed E-state index contributed by atoms with van der Waals surface area (Å²) in [5, 5.41) is 3.33. The Bertz CT molecular complexity index is 633. The zero-order valence-corrected chi connectivity index (χ0v) is 10.0. The van der Waals surface area contributed by atoms with Crippen molar-refractivity contribution in [3.8, 4) is 5.69 Å². The molecule has 3 nitrogen and oxygen atoms in total. The van der Waals surface area contributed by atoms with Crippen molar-refractivity contribution in [2.45, 2.75) is 0 Å². The lowest BCUT2D eigenvalue weighted by molar-refractivity contribution is 0.761. The first-order valence-electron chi connectivity index (χ1n) is 5.68. The smallest absolute Gasteiger partial charge is 0.0715 e. The van der Waals surface area contributed by atoms with Crippen LogP contribution < -0.4 is 5.01 Å². The maximum absolute atomic E-state index is 2.20. The normalized spacial score (nSPS) is 10.9. The van der Waals surface area contributed by atoms with Gasteiger partial charge in [-0.2, -0.15) is 0 Å². The van der Waals surface area contributed by atoms with Crippen LogP contribution in [0.2, 0.25) is 0 Å². The summed E-state index contributed by atoms with van der Waals surface area (Å²) in [4.78, 5) is 0. The number of rotatable bonds is 2. The maximum atomic E-state index is 2.20. The van der Waals surface area contributed by atoms with Crippen molar-refractivity contribution in [2.75, 3.05) is 19.1 Å². The van der Waals surface area contributed by atoms with Crippen molar-refractivity contribution in [1.29, 1.82) is 0 Å². The van der Waals surface area contributed by atoms with E-state index in [0.717, 1.165) is 0 Å². The minimum Gasteiger partial charge on any atom is -0.324 e. The van der Waals surface area contributed by atoms with Gasteiger partial charge in [0.2, 0.25) is 0 Å². The monoisotopic (exact) mass is 225 g/mol. The molecule has 0 unspecified atom stereocenters. The Kier molecular flexibility index (Phi) is 2.18. The number of benzene rings is 1. The van der Waals surface area contributed by atoms with Gasteiger partial charge in [-0.3, -0.25) is 4.68 Å². The Morgan fingerprint density at radius 3 is 2.41 bits per heavy atom. The lowest BCUT2D eigenvalue weighted by Crippen LogP contribution is -2.23. The van der Waals surface area contributed by atoms with E-state index in [0.29, 0.717) is 0 Å². The average molecular weight is 225 g/mol. The summed E-state index contributed by atoms with van der Waals surface area (Å²) >= 11 is 0. The SMILES string of the molecule is CN(C)n1ccc2ccc(-n3cccc3)cc21. The third-order valence-corrected chi connectivity index (χ3v) is 2.99. The first-order valence-corrected chi connectivity index (χ1v) is 5.68. The molecule has 86 valence electrons. The lowest BCUT2D eigenvalue weighted by Gasteiger charge is -2.16. The number of aromatic nitrogens is 2. The average Bonchev–Trinajstić information content (AvgIpc) is 2.97. The predicted molar refractivity (Wildman–Crippen MR) is 71.3 cm³/mol. The quantitative estimate of drug-likeness (QED) is 0.653. The molecule has 3 heteroatoms. The molecule has 0 aliphatic rings. The Morgan fingerprint density at radius 2 is 1.71 bits per heavy atom. The summed E-state index contributed by atoms with van der Waals surface area (Å²) in [5.41, 5.74) is 2.41. The number of hydrogen-bond donors (Lipinski definition) is 0. The Balaban J connectivity index is 2.20. The van der Waals surface area contributed by atoms with Gasteiger partial charge in [-0.15, -0.1) is 0 Å². The van der Waals surface area contributed by atoms with Gasteiger partial charge in [-0.1, -0.05) is 6.07 Å². The van der Waals surface area contributed by atoms with E-state index in [1.807, 2.05) is 26.2 Å². The van der Waals surface area contributed by atoms with Crippen molar-refractivity contribution < 1.29 is 0 Å². The fourth-order valence-corrected chi connectivity index (χ4v) is 2.12. The second kappa shape index (κ2) is 3.70. The first kappa shape index (κ1) is 10.0. The summed E-state index contributed by atoms with van der Waals surface area (Å²) < 4.78 is 4.26. The van der Waals surface area contributed by atoms with Crippen LogP contribution >= 0.6 is 0 Å². The van der Waals surface area contributed by atoms with Gasteiger partial charge < -0.3 is 9.58 Å². The molecule has 17 heavy (non-hydrogen) atoms. The molecule has 0 fully saturated rings. The van der Waals surface area contributed by atoms with E-state index in [9.17, 15) is 0 Å². The van der Waals surface area contributed by atoms with Crippen LogP contribution in [0.3, 0.4) is 0 Å². The highest BCUT2D eigenvalue weighted by atomic mass is 15.5. The fourth-order valence-electron chi connectivity index (χ4n) is 2.12. The van der Waals surface area contributed by atoms with Gasteiger partial charge in [0.15, 0.2) is 0 Å². The van der Waals surface area contributed by atoms with Crippen LogP contribution in [0.1, 0.15) is 0 Å². The van der Waals surface area contributed by atoms with Crippen LogP contribution in [0, 0.1) is 0 Å². The van der Waals surface area contributed by atoms with Gasteiger partial charge in [0.05, 0.1) is 5.52 Å². The van der Waals surface area contributed by atoms with E-state index >= 15 is 0 Å². The Hall–Kier alpha value is -2.16. The summed E-state index contributed by atoms with van der Waals surface area (Å²) in [5.74, 6) is 0. The second-order valence-corrected chi connectivity index (χ2v) is 4.34. The van der Waals surface area contributed by atoms with E-state index in [4.69, 9.17) is 0 Å². The van der Waals surface area contributed by atoms with Gasteiger partial charge in [0, 0.05) is 43.8 Å². The number of fused-ring (bicyclic) bond motifs is 1. The van der Waals surface area contributed by atoms with Gasteiger partial charge >= 0.3 is 0 Å². The van der Waals surface area contributed by atoms with Crippen LogP contribution in [-0.4, -0.2) is 23.3 Å². The highest BCUT2D eigenvalue weighted by Gasteiger charge is 2.04. The maximum Gasteiger partial charge on any atom is 0.0715 e. The molecule has 1 aromatic carbocycles.